The first-order chi connectivity index (χ1) is 20.1. The Morgan fingerprint density at radius 1 is 0.905 bits per heavy atom. The minimum Gasteiger partial charge on any atom is -0.352 e. The molecule has 0 spiro atoms. The SMILES string of the molecule is CC(C)NC(=O)C(Cc1ccccc1)N(Cc1cccc(Br)c1)C(=O)CCCN1c2cccc3cccc(c23)S1(=O)=O. The van der Waals surface area contributed by atoms with Crippen molar-refractivity contribution in [2.75, 3.05) is 10.8 Å². The van der Waals surface area contributed by atoms with Crippen LogP contribution in [-0.4, -0.2) is 43.8 Å². The van der Waals surface area contributed by atoms with Crippen molar-refractivity contribution in [2.45, 2.75) is 56.6 Å². The highest BCUT2D eigenvalue weighted by Crippen LogP contribution is 2.42. The number of halogens is 1. The lowest BCUT2D eigenvalue weighted by molar-refractivity contribution is -0.141. The number of sulfonamides is 1. The molecule has 1 aliphatic rings. The summed E-state index contributed by atoms with van der Waals surface area (Å²) in [6, 6.07) is 27.4. The summed E-state index contributed by atoms with van der Waals surface area (Å²) >= 11 is 3.51. The topological polar surface area (TPSA) is 86.8 Å². The molecule has 5 rings (SSSR count). The van der Waals surface area contributed by atoms with Gasteiger partial charge in [-0.05, 0) is 61.0 Å². The summed E-state index contributed by atoms with van der Waals surface area (Å²) in [7, 11) is -3.71. The summed E-state index contributed by atoms with van der Waals surface area (Å²) in [4.78, 5) is 29.5. The van der Waals surface area contributed by atoms with Gasteiger partial charge >= 0.3 is 0 Å². The van der Waals surface area contributed by atoms with Gasteiger partial charge in [0.25, 0.3) is 10.0 Å². The van der Waals surface area contributed by atoms with Crippen LogP contribution in [0.4, 0.5) is 5.69 Å². The van der Waals surface area contributed by atoms with Gasteiger partial charge in [0, 0.05) is 41.8 Å². The van der Waals surface area contributed by atoms with Gasteiger partial charge in [-0.3, -0.25) is 13.9 Å². The van der Waals surface area contributed by atoms with Crippen LogP contribution in [0.25, 0.3) is 10.8 Å². The average Bonchev–Trinajstić information content (AvgIpc) is 3.18. The zero-order valence-corrected chi connectivity index (χ0v) is 26.1. The molecule has 1 unspecified atom stereocenters. The van der Waals surface area contributed by atoms with Gasteiger partial charge < -0.3 is 10.2 Å². The Labute approximate surface area is 255 Å². The minimum absolute atomic E-state index is 0.0899. The predicted octanol–water partition coefficient (Wildman–Crippen LogP) is 6.06. The van der Waals surface area contributed by atoms with Crippen molar-refractivity contribution in [3.05, 3.63) is 107 Å². The van der Waals surface area contributed by atoms with Crippen LogP contribution in [0.1, 0.15) is 37.8 Å². The maximum atomic E-state index is 14.0. The fourth-order valence-corrected chi connectivity index (χ4v) is 7.68. The smallest absolute Gasteiger partial charge is 0.265 e. The van der Waals surface area contributed by atoms with Crippen LogP contribution in [-0.2, 0) is 32.6 Å². The second-order valence-electron chi connectivity index (χ2n) is 10.8. The highest BCUT2D eigenvalue weighted by Gasteiger charge is 2.36. The number of rotatable bonds is 11. The number of carbonyl (C=O) groups excluding carboxylic acids is 2. The van der Waals surface area contributed by atoms with E-state index in [9.17, 15) is 18.0 Å². The number of hydrogen-bond donors (Lipinski definition) is 1. The monoisotopic (exact) mass is 647 g/mol. The Hall–Kier alpha value is -3.69. The summed E-state index contributed by atoms with van der Waals surface area (Å²) < 4.78 is 29.1. The van der Waals surface area contributed by atoms with Gasteiger partial charge in [0.2, 0.25) is 11.8 Å². The van der Waals surface area contributed by atoms with Gasteiger partial charge in [0.15, 0.2) is 0 Å². The van der Waals surface area contributed by atoms with Crippen LogP contribution in [0.2, 0.25) is 0 Å². The second-order valence-corrected chi connectivity index (χ2v) is 13.6. The fourth-order valence-electron chi connectivity index (χ4n) is 5.48. The van der Waals surface area contributed by atoms with E-state index < -0.39 is 16.1 Å². The molecule has 218 valence electrons. The molecule has 0 bridgehead atoms. The number of anilines is 1. The van der Waals surface area contributed by atoms with Gasteiger partial charge in [-0.2, -0.15) is 0 Å². The number of benzene rings is 4. The Morgan fingerprint density at radius 2 is 1.60 bits per heavy atom. The lowest BCUT2D eigenvalue weighted by Crippen LogP contribution is -2.51. The fraction of sp³-hybridized carbons (Fsp3) is 0.273. The van der Waals surface area contributed by atoms with Crippen LogP contribution in [0.15, 0.2) is 100 Å². The molecule has 0 fully saturated rings. The van der Waals surface area contributed by atoms with Crippen molar-refractivity contribution in [2.24, 2.45) is 0 Å². The standard InChI is InChI=1S/C33H34BrN3O4S/c1-23(2)35-33(39)29(21-24-10-4-3-5-11-24)36(22-25-12-6-15-27(34)20-25)31(38)18-9-19-37-28-16-7-13-26-14-8-17-30(32(26)28)42(37,40)41/h3-8,10-17,20,23,29H,9,18-19,21-22H2,1-2H3,(H,35,39). The van der Waals surface area contributed by atoms with Gasteiger partial charge in [0.05, 0.1) is 10.6 Å². The lowest BCUT2D eigenvalue weighted by atomic mass is 10.0. The molecule has 0 aliphatic carbocycles. The molecule has 1 N–H and O–H groups in total. The van der Waals surface area contributed by atoms with E-state index in [4.69, 9.17) is 0 Å². The third-order valence-electron chi connectivity index (χ3n) is 7.38. The highest BCUT2D eigenvalue weighted by molar-refractivity contribution is 9.10. The molecule has 0 saturated heterocycles. The predicted molar refractivity (Wildman–Crippen MR) is 170 cm³/mol. The first kappa shape index (κ1) is 29.8. The van der Waals surface area contributed by atoms with Crippen LogP contribution < -0.4 is 9.62 Å². The molecule has 4 aromatic rings. The van der Waals surface area contributed by atoms with E-state index >= 15 is 0 Å². The Balaban J connectivity index is 1.40. The number of amides is 2. The van der Waals surface area contributed by atoms with Gasteiger partial charge in [-0.1, -0.05) is 82.7 Å². The van der Waals surface area contributed by atoms with Gasteiger partial charge in [-0.25, -0.2) is 8.42 Å². The van der Waals surface area contributed by atoms with Crippen molar-refractivity contribution >= 4 is 54.2 Å². The summed E-state index contributed by atoms with van der Waals surface area (Å²) in [6.07, 6.45) is 0.755. The molecular weight excluding hydrogens is 614 g/mol. The Bertz CT molecular complexity index is 1700. The quantitative estimate of drug-likeness (QED) is 0.215. The first-order valence-corrected chi connectivity index (χ1v) is 16.3. The maximum absolute atomic E-state index is 14.0. The summed E-state index contributed by atoms with van der Waals surface area (Å²) in [5.74, 6) is -0.427. The summed E-state index contributed by atoms with van der Waals surface area (Å²) in [5, 5.41) is 4.59. The van der Waals surface area contributed by atoms with Crippen LogP contribution in [0, 0.1) is 0 Å². The van der Waals surface area contributed by atoms with E-state index in [1.807, 2.05) is 92.7 Å². The van der Waals surface area contributed by atoms with Gasteiger partial charge in [0.1, 0.15) is 6.04 Å². The van der Waals surface area contributed by atoms with E-state index in [2.05, 4.69) is 21.2 Å². The number of nitrogens with one attached hydrogen (secondary N) is 1. The molecule has 4 aromatic carbocycles. The second kappa shape index (κ2) is 12.7. The van der Waals surface area contributed by atoms with Gasteiger partial charge in [-0.15, -0.1) is 0 Å². The van der Waals surface area contributed by atoms with Crippen LogP contribution in [0.3, 0.4) is 0 Å². The third-order valence-corrected chi connectivity index (χ3v) is 9.73. The third kappa shape index (κ3) is 6.37. The molecule has 1 heterocycles. The molecular formula is C33H34BrN3O4S. The molecule has 0 saturated carbocycles. The van der Waals surface area contributed by atoms with E-state index in [0.29, 0.717) is 23.4 Å². The largest absolute Gasteiger partial charge is 0.352 e. The molecule has 7 nitrogen and oxygen atoms in total. The molecule has 9 heteroatoms. The van der Waals surface area contributed by atoms with E-state index in [-0.39, 0.29) is 37.4 Å². The van der Waals surface area contributed by atoms with Crippen molar-refractivity contribution < 1.29 is 18.0 Å². The summed E-state index contributed by atoms with van der Waals surface area (Å²) in [6.45, 7) is 4.20. The van der Waals surface area contributed by atoms with E-state index in [1.54, 1.807) is 17.0 Å². The average molecular weight is 649 g/mol. The molecule has 2 amide bonds. The van der Waals surface area contributed by atoms with Crippen molar-refractivity contribution in [1.82, 2.24) is 10.2 Å². The molecule has 42 heavy (non-hydrogen) atoms. The molecule has 0 radical (unpaired) electrons. The molecule has 1 atom stereocenters. The molecule has 1 aliphatic heterocycles. The maximum Gasteiger partial charge on any atom is 0.265 e. The number of nitrogens with zero attached hydrogens (tertiary/aromatic N) is 2. The lowest BCUT2D eigenvalue weighted by Gasteiger charge is -2.32. The van der Waals surface area contributed by atoms with Crippen LogP contribution >= 0.6 is 15.9 Å². The first-order valence-electron chi connectivity index (χ1n) is 14.1. The van der Waals surface area contributed by atoms with Crippen molar-refractivity contribution in [3.63, 3.8) is 0 Å². The zero-order valence-electron chi connectivity index (χ0n) is 23.7. The number of carbonyl (C=O) groups is 2. The minimum atomic E-state index is -3.71. The zero-order chi connectivity index (χ0) is 29.9. The number of hydrogen-bond acceptors (Lipinski definition) is 4. The van der Waals surface area contributed by atoms with Crippen molar-refractivity contribution in [1.29, 1.82) is 0 Å². The highest BCUT2D eigenvalue weighted by atomic mass is 79.9. The Kier molecular flexibility index (Phi) is 8.99. The summed E-state index contributed by atoms with van der Waals surface area (Å²) in [5.41, 5.74) is 2.47. The molecule has 0 aromatic heterocycles. The van der Waals surface area contributed by atoms with Crippen LogP contribution in [0.5, 0.6) is 0 Å². The van der Waals surface area contributed by atoms with E-state index in [0.717, 1.165) is 26.4 Å². The Morgan fingerprint density at radius 3 is 2.31 bits per heavy atom. The van der Waals surface area contributed by atoms with E-state index in [1.165, 1.54) is 4.31 Å². The van der Waals surface area contributed by atoms with Crippen molar-refractivity contribution in [3.8, 4) is 0 Å². The normalized spacial score (nSPS) is 14.2.